The van der Waals surface area contributed by atoms with E-state index in [1.807, 2.05) is 0 Å². The standard InChI is InChI=1S/C19H27FN2O3/c1-24-18-7-6-15(20)12-17(18)19(23)22-10-5-11-25-16(14-22)13-21-8-3-2-4-9-21/h6-7,12,16H,2-5,8-11,13-14H2,1H3. The van der Waals surface area contributed by atoms with Crippen LogP contribution in [0.4, 0.5) is 4.39 Å². The number of carbonyl (C=O) groups excluding carboxylic acids is 1. The van der Waals surface area contributed by atoms with Crippen molar-refractivity contribution >= 4 is 5.91 Å². The zero-order chi connectivity index (χ0) is 17.6. The van der Waals surface area contributed by atoms with Crippen LogP contribution in [0.5, 0.6) is 5.75 Å². The lowest BCUT2D eigenvalue weighted by atomic mass is 10.1. The van der Waals surface area contributed by atoms with Crippen molar-refractivity contribution in [2.24, 2.45) is 0 Å². The maximum atomic E-state index is 13.6. The third-order valence-electron chi connectivity index (χ3n) is 4.94. The van der Waals surface area contributed by atoms with Gasteiger partial charge in [0.25, 0.3) is 5.91 Å². The van der Waals surface area contributed by atoms with Crippen molar-refractivity contribution in [1.82, 2.24) is 9.80 Å². The monoisotopic (exact) mass is 350 g/mol. The Balaban J connectivity index is 1.69. The molecule has 138 valence electrons. The molecule has 25 heavy (non-hydrogen) atoms. The first-order valence-corrected chi connectivity index (χ1v) is 9.14. The van der Waals surface area contributed by atoms with Crippen LogP contribution in [0.2, 0.25) is 0 Å². The molecule has 6 heteroatoms. The van der Waals surface area contributed by atoms with Crippen molar-refractivity contribution in [3.05, 3.63) is 29.6 Å². The molecule has 5 nitrogen and oxygen atoms in total. The summed E-state index contributed by atoms with van der Waals surface area (Å²) in [6.45, 7) is 4.87. The van der Waals surface area contributed by atoms with Gasteiger partial charge in [0.15, 0.2) is 0 Å². The zero-order valence-electron chi connectivity index (χ0n) is 14.9. The Kier molecular flexibility index (Phi) is 6.26. The number of piperidine rings is 1. The maximum Gasteiger partial charge on any atom is 0.257 e. The van der Waals surface area contributed by atoms with Crippen molar-refractivity contribution in [2.75, 3.05) is 46.4 Å². The zero-order valence-corrected chi connectivity index (χ0v) is 14.9. The normalized spacial score (nSPS) is 22.5. The number of amides is 1. The van der Waals surface area contributed by atoms with Crippen LogP contribution in [-0.4, -0.2) is 68.3 Å². The van der Waals surface area contributed by atoms with E-state index in [0.29, 0.717) is 25.4 Å². The predicted octanol–water partition coefficient (Wildman–Crippen LogP) is 2.55. The smallest absolute Gasteiger partial charge is 0.257 e. The number of ether oxygens (including phenoxy) is 2. The van der Waals surface area contributed by atoms with Crippen LogP contribution in [0, 0.1) is 5.82 Å². The van der Waals surface area contributed by atoms with E-state index in [-0.39, 0.29) is 17.6 Å². The maximum absolute atomic E-state index is 13.6. The van der Waals surface area contributed by atoms with Gasteiger partial charge >= 0.3 is 0 Å². The molecule has 2 aliphatic heterocycles. The van der Waals surface area contributed by atoms with Crippen LogP contribution in [0.25, 0.3) is 0 Å². The minimum atomic E-state index is -0.430. The molecule has 1 atom stereocenters. The predicted molar refractivity (Wildman–Crippen MR) is 93.5 cm³/mol. The summed E-state index contributed by atoms with van der Waals surface area (Å²) in [6, 6.07) is 4.06. The summed E-state index contributed by atoms with van der Waals surface area (Å²) in [4.78, 5) is 17.1. The number of benzene rings is 1. The highest BCUT2D eigenvalue weighted by molar-refractivity contribution is 5.97. The summed E-state index contributed by atoms with van der Waals surface area (Å²) >= 11 is 0. The average Bonchev–Trinajstić information content (AvgIpc) is 2.87. The molecule has 0 spiro atoms. The van der Waals surface area contributed by atoms with Crippen molar-refractivity contribution < 1.29 is 18.7 Å². The summed E-state index contributed by atoms with van der Waals surface area (Å²) < 4.78 is 24.8. The Morgan fingerprint density at radius 3 is 2.80 bits per heavy atom. The van der Waals surface area contributed by atoms with Crippen molar-refractivity contribution in [3.63, 3.8) is 0 Å². The SMILES string of the molecule is COc1ccc(F)cc1C(=O)N1CCCOC(CN2CCCCC2)C1. The second kappa shape index (κ2) is 8.63. The molecule has 0 aliphatic carbocycles. The lowest BCUT2D eigenvalue weighted by Crippen LogP contribution is -2.44. The number of halogens is 1. The number of nitrogens with zero attached hydrogens (tertiary/aromatic N) is 2. The van der Waals surface area contributed by atoms with E-state index >= 15 is 0 Å². The van der Waals surface area contributed by atoms with Crippen LogP contribution in [0.15, 0.2) is 18.2 Å². The third-order valence-corrected chi connectivity index (χ3v) is 4.94. The van der Waals surface area contributed by atoms with E-state index in [4.69, 9.17) is 9.47 Å². The topological polar surface area (TPSA) is 42.0 Å². The molecule has 3 rings (SSSR count). The minimum absolute atomic E-state index is 0.00380. The van der Waals surface area contributed by atoms with Gasteiger partial charge in [-0.05, 0) is 50.6 Å². The van der Waals surface area contributed by atoms with Gasteiger partial charge in [-0.1, -0.05) is 6.42 Å². The van der Waals surface area contributed by atoms with Crippen molar-refractivity contribution in [3.8, 4) is 5.75 Å². The number of hydrogen-bond acceptors (Lipinski definition) is 4. The first-order chi connectivity index (χ1) is 12.2. The molecule has 1 aromatic rings. The molecule has 0 saturated carbocycles. The molecule has 0 N–H and O–H groups in total. The molecule has 1 unspecified atom stereocenters. The lowest BCUT2D eigenvalue weighted by molar-refractivity contribution is 0.0216. The molecule has 2 fully saturated rings. The van der Waals surface area contributed by atoms with Crippen LogP contribution in [0.3, 0.4) is 0 Å². The van der Waals surface area contributed by atoms with Crippen LogP contribution in [-0.2, 0) is 4.74 Å². The summed E-state index contributed by atoms with van der Waals surface area (Å²) in [7, 11) is 1.49. The number of methoxy groups -OCH3 is 1. The lowest BCUT2D eigenvalue weighted by Gasteiger charge is -2.31. The summed E-state index contributed by atoms with van der Waals surface area (Å²) in [5.74, 6) is -0.213. The van der Waals surface area contributed by atoms with E-state index in [0.717, 1.165) is 26.1 Å². The molecular weight excluding hydrogens is 323 g/mol. The largest absolute Gasteiger partial charge is 0.496 e. The number of rotatable bonds is 4. The van der Waals surface area contributed by atoms with Crippen LogP contribution >= 0.6 is 0 Å². The van der Waals surface area contributed by atoms with Gasteiger partial charge < -0.3 is 19.3 Å². The van der Waals surface area contributed by atoms with Gasteiger partial charge in [0, 0.05) is 26.2 Å². The Hall–Kier alpha value is -1.66. The van der Waals surface area contributed by atoms with Gasteiger partial charge in [-0.25, -0.2) is 4.39 Å². The second-order valence-electron chi connectivity index (χ2n) is 6.80. The molecular formula is C19H27FN2O3. The molecule has 0 bridgehead atoms. The van der Waals surface area contributed by atoms with Crippen molar-refractivity contribution in [1.29, 1.82) is 0 Å². The highest BCUT2D eigenvalue weighted by Gasteiger charge is 2.27. The molecule has 1 aromatic carbocycles. The van der Waals surface area contributed by atoms with E-state index in [2.05, 4.69) is 4.90 Å². The molecule has 0 aromatic heterocycles. The highest BCUT2D eigenvalue weighted by Crippen LogP contribution is 2.22. The molecule has 0 radical (unpaired) electrons. The third kappa shape index (κ3) is 4.70. The average molecular weight is 350 g/mol. The molecule has 2 aliphatic rings. The second-order valence-corrected chi connectivity index (χ2v) is 6.80. The number of hydrogen-bond donors (Lipinski definition) is 0. The van der Waals surface area contributed by atoms with Gasteiger partial charge in [0.2, 0.25) is 0 Å². The first kappa shape index (κ1) is 18.1. The molecule has 1 amide bonds. The summed E-state index contributed by atoms with van der Waals surface area (Å²) in [6.07, 6.45) is 4.56. The highest BCUT2D eigenvalue weighted by atomic mass is 19.1. The van der Waals surface area contributed by atoms with Crippen LogP contribution < -0.4 is 4.74 Å². The van der Waals surface area contributed by atoms with E-state index in [1.165, 1.54) is 44.6 Å². The fourth-order valence-corrected chi connectivity index (χ4v) is 3.64. The van der Waals surface area contributed by atoms with Gasteiger partial charge in [0.1, 0.15) is 11.6 Å². The molecule has 2 saturated heterocycles. The van der Waals surface area contributed by atoms with Gasteiger partial charge in [-0.15, -0.1) is 0 Å². The Morgan fingerprint density at radius 2 is 2.04 bits per heavy atom. The van der Waals surface area contributed by atoms with Gasteiger partial charge in [-0.2, -0.15) is 0 Å². The fraction of sp³-hybridized carbons (Fsp3) is 0.632. The van der Waals surface area contributed by atoms with Crippen molar-refractivity contribution in [2.45, 2.75) is 31.8 Å². The Morgan fingerprint density at radius 1 is 1.24 bits per heavy atom. The minimum Gasteiger partial charge on any atom is -0.496 e. The summed E-state index contributed by atoms with van der Waals surface area (Å²) in [5, 5.41) is 0. The van der Waals surface area contributed by atoms with Gasteiger partial charge in [0.05, 0.1) is 18.8 Å². The number of carbonyl (C=O) groups is 1. The van der Waals surface area contributed by atoms with E-state index in [9.17, 15) is 9.18 Å². The fourth-order valence-electron chi connectivity index (χ4n) is 3.64. The van der Waals surface area contributed by atoms with E-state index in [1.54, 1.807) is 4.90 Å². The van der Waals surface area contributed by atoms with Crippen LogP contribution in [0.1, 0.15) is 36.0 Å². The Labute approximate surface area is 148 Å². The number of likely N-dealkylation sites (tertiary alicyclic amines) is 1. The van der Waals surface area contributed by atoms with Gasteiger partial charge in [-0.3, -0.25) is 4.79 Å². The van der Waals surface area contributed by atoms with E-state index < -0.39 is 5.82 Å². The first-order valence-electron chi connectivity index (χ1n) is 9.14. The quantitative estimate of drug-likeness (QED) is 0.837. The molecule has 2 heterocycles. The Bertz CT molecular complexity index is 590. The summed E-state index contributed by atoms with van der Waals surface area (Å²) in [5.41, 5.74) is 0.279.